The molecule has 0 aliphatic carbocycles. The zero-order valence-electron chi connectivity index (χ0n) is 9.40. The van der Waals surface area contributed by atoms with Gasteiger partial charge < -0.3 is 0 Å². The van der Waals surface area contributed by atoms with Crippen LogP contribution in [0.1, 0.15) is 19.4 Å². The van der Waals surface area contributed by atoms with E-state index >= 15 is 0 Å². The van der Waals surface area contributed by atoms with Gasteiger partial charge in [0.05, 0.1) is 5.75 Å². The molecule has 1 atom stereocenters. The molecule has 5 heteroatoms. The summed E-state index contributed by atoms with van der Waals surface area (Å²) in [5, 5.41) is 0. The van der Waals surface area contributed by atoms with Crippen molar-refractivity contribution in [1.82, 2.24) is 4.72 Å². The molecule has 0 amide bonds. The van der Waals surface area contributed by atoms with Crippen LogP contribution in [0, 0.1) is 5.82 Å². The summed E-state index contributed by atoms with van der Waals surface area (Å²) in [6, 6.07) is 5.88. The van der Waals surface area contributed by atoms with E-state index in [2.05, 4.69) is 4.72 Å². The van der Waals surface area contributed by atoms with Crippen LogP contribution in [0.4, 0.5) is 4.39 Å². The highest BCUT2D eigenvalue weighted by Crippen LogP contribution is 2.06. The summed E-state index contributed by atoms with van der Waals surface area (Å²) in [4.78, 5) is 0. The Morgan fingerprint density at radius 2 is 1.88 bits per heavy atom. The molecule has 0 aliphatic rings. The van der Waals surface area contributed by atoms with Gasteiger partial charge in [0.1, 0.15) is 5.82 Å². The van der Waals surface area contributed by atoms with Gasteiger partial charge in [0.2, 0.25) is 10.0 Å². The molecule has 0 spiro atoms. The number of halogens is 1. The van der Waals surface area contributed by atoms with Gasteiger partial charge in [0.25, 0.3) is 0 Å². The van der Waals surface area contributed by atoms with Gasteiger partial charge in [-0.05, 0) is 38.0 Å². The van der Waals surface area contributed by atoms with Crippen molar-refractivity contribution in [3.05, 3.63) is 35.6 Å². The van der Waals surface area contributed by atoms with E-state index in [1.54, 1.807) is 26.0 Å². The Balaban J connectivity index is 2.58. The van der Waals surface area contributed by atoms with Gasteiger partial charge in [-0.1, -0.05) is 12.1 Å². The van der Waals surface area contributed by atoms with Gasteiger partial charge in [0, 0.05) is 6.04 Å². The molecule has 1 aromatic rings. The molecular weight excluding hydrogens is 229 g/mol. The number of benzene rings is 1. The highest BCUT2D eigenvalue weighted by Gasteiger charge is 2.12. The molecule has 0 radical (unpaired) electrons. The molecule has 1 aromatic carbocycles. The maximum Gasteiger partial charge on any atom is 0.211 e. The predicted octanol–water partition coefficient (Wildman–Crippen LogP) is 1.70. The van der Waals surface area contributed by atoms with Crippen LogP contribution in [-0.4, -0.2) is 20.2 Å². The lowest BCUT2D eigenvalue weighted by Crippen LogP contribution is -2.35. The summed E-state index contributed by atoms with van der Waals surface area (Å²) in [5.41, 5.74) is 0.910. The first-order valence-corrected chi connectivity index (χ1v) is 6.82. The number of hydrogen-bond acceptors (Lipinski definition) is 2. The second-order valence-corrected chi connectivity index (χ2v) is 5.80. The fraction of sp³-hybridized carbons (Fsp3) is 0.455. The Morgan fingerprint density at radius 3 is 2.38 bits per heavy atom. The molecule has 3 nitrogen and oxygen atoms in total. The van der Waals surface area contributed by atoms with Crippen molar-refractivity contribution in [3.8, 4) is 0 Å². The minimum Gasteiger partial charge on any atom is -0.212 e. The SMILES string of the molecule is CCS(=O)(=O)NC(C)Cc1ccc(F)cc1. The minimum atomic E-state index is -3.17. The van der Waals surface area contributed by atoms with Crippen LogP contribution in [0.2, 0.25) is 0 Å². The minimum absolute atomic E-state index is 0.0702. The smallest absolute Gasteiger partial charge is 0.211 e. The lowest BCUT2D eigenvalue weighted by atomic mass is 10.1. The average Bonchev–Trinajstić information content (AvgIpc) is 2.21. The van der Waals surface area contributed by atoms with E-state index in [0.717, 1.165) is 5.56 Å². The van der Waals surface area contributed by atoms with Gasteiger partial charge in [-0.25, -0.2) is 17.5 Å². The fourth-order valence-corrected chi connectivity index (χ4v) is 2.27. The molecule has 0 aliphatic heterocycles. The van der Waals surface area contributed by atoms with E-state index in [9.17, 15) is 12.8 Å². The van der Waals surface area contributed by atoms with Crippen LogP contribution in [0.15, 0.2) is 24.3 Å². The standard InChI is InChI=1S/C11H16FNO2S/c1-3-16(14,15)13-9(2)8-10-4-6-11(12)7-5-10/h4-7,9,13H,3,8H2,1-2H3. The van der Waals surface area contributed by atoms with Gasteiger partial charge in [-0.15, -0.1) is 0 Å². The quantitative estimate of drug-likeness (QED) is 0.858. The Morgan fingerprint density at radius 1 is 1.31 bits per heavy atom. The van der Waals surface area contributed by atoms with Gasteiger partial charge in [-0.2, -0.15) is 0 Å². The number of hydrogen-bond donors (Lipinski definition) is 1. The van der Waals surface area contributed by atoms with Crippen molar-refractivity contribution in [2.45, 2.75) is 26.3 Å². The van der Waals surface area contributed by atoms with Crippen molar-refractivity contribution in [3.63, 3.8) is 0 Å². The molecule has 1 unspecified atom stereocenters. The van der Waals surface area contributed by atoms with Crippen LogP contribution in [-0.2, 0) is 16.4 Å². The second kappa shape index (κ2) is 5.41. The molecule has 90 valence electrons. The molecule has 0 fully saturated rings. The van der Waals surface area contributed by atoms with E-state index in [1.165, 1.54) is 12.1 Å². The molecule has 16 heavy (non-hydrogen) atoms. The van der Waals surface area contributed by atoms with Crippen molar-refractivity contribution in [1.29, 1.82) is 0 Å². The first-order valence-electron chi connectivity index (χ1n) is 5.17. The van der Waals surface area contributed by atoms with Crippen molar-refractivity contribution < 1.29 is 12.8 Å². The van der Waals surface area contributed by atoms with E-state index in [0.29, 0.717) is 6.42 Å². The zero-order chi connectivity index (χ0) is 12.2. The highest BCUT2D eigenvalue weighted by atomic mass is 32.2. The molecule has 1 N–H and O–H groups in total. The maximum absolute atomic E-state index is 12.6. The summed E-state index contributed by atoms with van der Waals surface area (Å²) in [6.45, 7) is 3.38. The normalized spacial score (nSPS) is 13.7. The van der Waals surface area contributed by atoms with Crippen molar-refractivity contribution in [2.24, 2.45) is 0 Å². The van der Waals surface area contributed by atoms with Crippen LogP contribution in [0.3, 0.4) is 0 Å². The molecule has 0 bridgehead atoms. The third kappa shape index (κ3) is 4.28. The zero-order valence-corrected chi connectivity index (χ0v) is 10.2. The lowest BCUT2D eigenvalue weighted by Gasteiger charge is -2.13. The van der Waals surface area contributed by atoms with E-state index in [-0.39, 0.29) is 17.6 Å². The predicted molar refractivity (Wildman–Crippen MR) is 62.2 cm³/mol. The maximum atomic E-state index is 12.6. The monoisotopic (exact) mass is 245 g/mol. The molecule has 1 rings (SSSR count). The topological polar surface area (TPSA) is 46.2 Å². The Labute approximate surface area is 95.7 Å². The van der Waals surface area contributed by atoms with E-state index in [4.69, 9.17) is 0 Å². The summed E-state index contributed by atoms with van der Waals surface area (Å²) >= 11 is 0. The Kier molecular flexibility index (Phi) is 4.44. The molecule has 0 aromatic heterocycles. The van der Waals surface area contributed by atoms with Crippen molar-refractivity contribution in [2.75, 3.05) is 5.75 Å². The third-order valence-corrected chi connectivity index (χ3v) is 3.74. The summed E-state index contributed by atoms with van der Waals surface area (Å²) in [7, 11) is -3.17. The largest absolute Gasteiger partial charge is 0.212 e. The molecule has 0 saturated heterocycles. The number of sulfonamides is 1. The van der Waals surface area contributed by atoms with E-state index < -0.39 is 10.0 Å². The Bertz CT molecular complexity index is 428. The highest BCUT2D eigenvalue weighted by molar-refractivity contribution is 7.89. The Hall–Kier alpha value is -0.940. The van der Waals surface area contributed by atoms with Crippen LogP contribution < -0.4 is 4.72 Å². The summed E-state index contributed by atoms with van der Waals surface area (Å²) in [6.07, 6.45) is 0.555. The summed E-state index contributed by atoms with van der Waals surface area (Å²) in [5.74, 6) is -0.216. The molecule has 0 heterocycles. The number of nitrogens with one attached hydrogen (secondary N) is 1. The van der Waals surface area contributed by atoms with E-state index in [1.807, 2.05) is 0 Å². The van der Waals surface area contributed by atoms with Crippen LogP contribution in [0.25, 0.3) is 0 Å². The second-order valence-electron chi connectivity index (χ2n) is 3.75. The average molecular weight is 245 g/mol. The van der Waals surface area contributed by atoms with Crippen LogP contribution in [0.5, 0.6) is 0 Å². The van der Waals surface area contributed by atoms with Crippen LogP contribution >= 0.6 is 0 Å². The fourth-order valence-electron chi connectivity index (χ4n) is 1.41. The molecular formula is C11H16FNO2S. The first-order chi connectivity index (χ1) is 7.43. The first kappa shape index (κ1) is 13.1. The van der Waals surface area contributed by atoms with Crippen molar-refractivity contribution >= 4 is 10.0 Å². The number of rotatable bonds is 5. The van der Waals surface area contributed by atoms with Gasteiger partial charge in [0.15, 0.2) is 0 Å². The molecule has 0 saturated carbocycles. The lowest BCUT2D eigenvalue weighted by molar-refractivity contribution is 0.560. The summed E-state index contributed by atoms with van der Waals surface area (Å²) < 4.78 is 37.8. The van der Waals surface area contributed by atoms with Gasteiger partial charge in [-0.3, -0.25) is 0 Å². The third-order valence-electron chi connectivity index (χ3n) is 2.22. The van der Waals surface area contributed by atoms with Gasteiger partial charge >= 0.3 is 0 Å².